The number of hydrogen-bond acceptors (Lipinski definition) is 5. The van der Waals surface area contributed by atoms with Gasteiger partial charge in [-0.25, -0.2) is 15.0 Å². The number of aromatic nitrogens is 3. The summed E-state index contributed by atoms with van der Waals surface area (Å²) in [4.78, 5) is 10.9. The van der Waals surface area contributed by atoms with Gasteiger partial charge in [-0.15, -0.1) is 0 Å². The Balaban J connectivity index is 2.87. The highest BCUT2D eigenvalue weighted by Gasteiger charge is 1.95. The highest BCUT2D eigenvalue weighted by atomic mass is 16.3. The van der Waals surface area contributed by atoms with Crippen molar-refractivity contribution in [3.05, 3.63) is 18.0 Å². The molecule has 0 aromatic carbocycles. The van der Waals surface area contributed by atoms with Crippen LogP contribution in [0, 0.1) is 0 Å². The second kappa shape index (κ2) is 3.19. The second-order valence-corrected chi connectivity index (χ2v) is 1.63. The Morgan fingerprint density at radius 3 is 2.00 bits per heavy atom. The van der Waals surface area contributed by atoms with E-state index in [1.165, 1.54) is 6.33 Å². The molecule has 0 radical (unpaired) electrons. The van der Waals surface area contributed by atoms with Gasteiger partial charge in [0.05, 0.1) is 0 Å². The predicted octanol–water partition coefficient (Wildman–Crippen LogP) is -1.14. The van der Waals surface area contributed by atoms with E-state index in [2.05, 4.69) is 15.0 Å². The summed E-state index contributed by atoms with van der Waals surface area (Å²) >= 11 is 0. The third-order valence-electron chi connectivity index (χ3n) is 0.954. The Kier molecular flexibility index (Phi) is 2.24. The molecule has 1 aromatic heterocycles. The zero-order chi connectivity index (χ0) is 7.40. The molecule has 1 aromatic rings. The van der Waals surface area contributed by atoms with Crippen molar-refractivity contribution in [1.29, 1.82) is 0 Å². The molecule has 0 fully saturated rings. The molecule has 0 aliphatic heterocycles. The number of rotatable bonds is 2. The first kappa shape index (κ1) is 7.04. The van der Waals surface area contributed by atoms with E-state index in [0.717, 1.165) is 0 Å². The van der Waals surface area contributed by atoms with Gasteiger partial charge in [-0.3, -0.25) is 0 Å². The van der Waals surface area contributed by atoms with Crippen LogP contribution < -0.4 is 0 Å². The fourth-order valence-corrected chi connectivity index (χ4v) is 0.521. The molecule has 0 amide bonds. The summed E-state index contributed by atoms with van der Waals surface area (Å²) in [7, 11) is 0. The predicted molar refractivity (Wildman–Crippen MR) is 31.7 cm³/mol. The average Bonchev–Trinajstić information content (AvgIpc) is 2.05. The molecule has 2 N–H and O–H groups in total. The summed E-state index contributed by atoms with van der Waals surface area (Å²) in [5, 5.41) is 17.0. The van der Waals surface area contributed by atoms with Crippen LogP contribution in [0.4, 0.5) is 0 Å². The molecule has 1 rings (SSSR count). The Labute approximate surface area is 57.4 Å². The molecule has 0 aliphatic rings. The standard InChI is InChI=1S/C5H7N3O2/c9-1-4-6-3-7-5(2-10)8-4/h3,9-10H,1-2H2. The van der Waals surface area contributed by atoms with Crippen LogP contribution in [0.15, 0.2) is 6.33 Å². The van der Waals surface area contributed by atoms with Gasteiger partial charge in [0.2, 0.25) is 0 Å². The lowest BCUT2D eigenvalue weighted by molar-refractivity contribution is 0.257. The zero-order valence-corrected chi connectivity index (χ0v) is 5.23. The monoisotopic (exact) mass is 141 g/mol. The summed E-state index contributed by atoms with van der Waals surface area (Å²) in [5.41, 5.74) is 0. The van der Waals surface area contributed by atoms with Crippen molar-refractivity contribution in [1.82, 2.24) is 15.0 Å². The van der Waals surface area contributed by atoms with E-state index in [9.17, 15) is 0 Å². The van der Waals surface area contributed by atoms with E-state index in [4.69, 9.17) is 10.2 Å². The molecule has 5 heteroatoms. The second-order valence-electron chi connectivity index (χ2n) is 1.63. The number of aliphatic hydroxyl groups excluding tert-OH is 2. The van der Waals surface area contributed by atoms with Crippen LogP contribution in [0.1, 0.15) is 11.6 Å². The van der Waals surface area contributed by atoms with Crippen LogP contribution in [0.5, 0.6) is 0 Å². The minimum atomic E-state index is -0.227. The maximum Gasteiger partial charge on any atom is 0.157 e. The van der Waals surface area contributed by atoms with Gasteiger partial charge in [0, 0.05) is 0 Å². The molecule has 0 unspecified atom stereocenters. The Bertz CT molecular complexity index is 197. The van der Waals surface area contributed by atoms with Crippen LogP contribution in [-0.4, -0.2) is 25.2 Å². The molecule has 0 aliphatic carbocycles. The van der Waals surface area contributed by atoms with Gasteiger partial charge in [-0.05, 0) is 0 Å². The molecule has 5 nitrogen and oxygen atoms in total. The SMILES string of the molecule is OCc1ncnc(CO)n1. The van der Waals surface area contributed by atoms with Gasteiger partial charge in [-0.1, -0.05) is 0 Å². The summed E-state index contributed by atoms with van der Waals surface area (Å²) < 4.78 is 0. The highest BCUT2D eigenvalue weighted by Crippen LogP contribution is 1.89. The minimum absolute atomic E-state index is 0.227. The number of nitrogens with zero attached hydrogens (tertiary/aromatic N) is 3. The third-order valence-corrected chi connectivity index (χ3v) is 0.954. The molecule has 0 saturated carbocycles. The highest BCUT2D eigenvalue weighted by molar-refractivity contribution is 4.86. The van der Waals surface area contributed by atoms with Gasteiger partial charge in [0.15, 0.2) is 11.6 Å². The number of aliphatic hydroxyl groups is 2. The first-order chi connectivity index (χ1) is 4.86. The fourth-order valence-electron chi connectivity index (χ4n) is 0.521. The van der Waals surface area contributed by atoms with Crippen molar-refractivity contribution in [3.8, 4) is 0 Å². The van der Waals surface area contributed by atoms with Crippen LogP contribution >= 0.6 is 0 Å². The largest absolute Gasteiger partial charge is 0.388 e. The molecule has 0 atom stereocenters. The van der Waals surface area contributed by atoms with E-state index in [1.54, 1.807) is 0 Å². The minimum Gasteiger partial charge on any atom is -0.388 e. The zero-order valence-electron chi connectivity index (χ0n) is 5.23. The van der Waals surface area contributed by atoms with Crippen LogP contribution in [0.3, 0.4) is 0 Å². The van der Waals surface area contributed by atoms with Crippen LogP contribution in [0.25, 0.3) is 0 Å². The van der Waals surface area contributed by atoms with E-state index >= 15 is 0 Å². The lowest BCUT2D eigenvalue weighted by atomic mass is 10.6. The summed E-state index contributed by atoms with van der Waals surface area (Å²) in [6.45, 7) is -0.453. The molecule has 0 bridgehead atoms. The lowest BCUT2D eigenvalue weighted by Gasteiger charge is -1.94. The van der Waals surface area contributed by atoms with Gasteiger partial charge in [-0.2, -0.15) is 0 Å². The summed E-state index contributed by atoms with van der Waals surface area (Å²) in [6.07, 6.45) is 1.25. The van der Waals surface area contributed by atoms with Crippen LogP contribution in [-0.2, 0) is 13.2 Å². The quantitative estimate of drug-likeness (QED) is 0.544. The summed E-state index contributed by atoms with van der Waals surface area (Å²) in [6, 6.07) is 0. The van der Waals surface area contributed by atoms with Crippen LogP contribution in [0.2, 0.25) is 0 Å². The van der Waals surface area contributed by atoms with E-state index < -0.39 is 0 Å². The van der Waals surface area contributed by atoms with Crippen molar-refractivity contribution < 1.29 is 10.2 Å². The van der Waals surface area contributed by atoms with Gasteiger partial charge in [0.1, 0.15) is 19.5 Å². The maximum atomic E-state index is 8.52. The Hall–Kier alpha value is -1.07. The Morgan fingerprint density at radius 1 is 1.10 bits per heavy atom. The smallest absolute Gasteiger partial charge is 0.157 e. The normalized spacial score (nSPS) is 9.80. The van der Waals surface area contributed by atoms with Crippen molar-refractivity contribution in [2.75, 3.05) is 0 Å². The average molecular weight is 141 g/mol. The summed E-state index contributed by atoms with van der Waals surface area (Å²) in [5.74, 6) is 0.554. The van der Waals surface area contributed by atoms with Crippen molar-refractivity contribution >= 4 is 0 Å². The lowest BCUT2D eigenvalue weighted by Crippen LogP contribution is -2.01. The van der Waals surface area contributed by atoms with Gasteiger partial charge < -0.3 is 10.2 Å². The molecule has 0 spiro atoms. The van der Waals surface area contributed by atoms with Gasteiger partial charge >= 0.3 is 0 Å². The fraction of sp³-hybridized carbons (Fsp3) is 0.400. The number of hydrogen-bond donors (Lipinski definition) is 2. The molecule has 0 saturated heterocycles. The molecule has 10 heavy (non-hydrogen) atoms. The first-order valence-corrected chi connectivity index (χ1v) is 2.75. The first-order valence-electron chi connectivity index (χ1n) is 2.75. The van der Waals surface area contributed by atoms with E-state index in [-0.39, 0.29) is 24.9 Å². The third kappa shape index (κ3) is 1.46. The Morgan fingerprint density at radius 2 is 1.60 bits per heavy atom. The van der Waals surface area contributed by atoms with Crippen molar-refractivity contribution in [3.63, 3.8) is 0 Å². The molecular formula is C5H7N3O2. The molecular weight excluding hydrogens is 134 g/mol. The van der Waals surface area contributed by atoms with Crippen molar-refractivity contribution in [2.24, 2.45) is 0 Å². The maximum absolute atomic E-state index is 8.52. The molecule has 54 valence electrons. The van der Waals surface area contributed by atoms with Crippen molar-refractivity contribution in [2.45, 2.75) is 13.2 Å². The van der Waals surface area contributed by atoms with E-state index in [1.807, 2.05) is 0 Å². The van der Waals surface area contributed by atoms with Gasteiger partial charge in [0.25, 0.3) is 0 Å². The topological polar surface area (TPSA) is 79.1 Å². The van der Waals surface area contributed by atoms with E-state index in [0.29, 0.717) is 0 Å². The molecule has 1 heterocycles.